The van der Waals surface area contributed by atoms with E-state index in [0.717, 1.165) is 22.5 Å². The van der Waals surface area contributed by atoms with Crippen molar-refractivity contribution in [3.8, 4) is 34.3 Å². The van der Waals surface area contributed by atoms with Gasteiger partial charge in [-0.05, 0) is 12.1 Å². The van der Waals surface area contributed by atoms with Gasteiger partial charge in [-0.3, -0.25) is 0 Å². The molecular formula is C22H15N3. The summed E-state index contributed by atoms with van der Waals surface area (Å²) in [5, 5.41) is 14.7. The van der Waals surface area contributed by atoms with Crippen molar-refractivity contribution in [1.82, 2.24) is 9.78 Å². The number of rotatable bonds is 3. The molecule has 0 aliphatic heterocycles. The highest BCUT2D eigenvalue weighted by atomic mass is 15.3. The number of aromatic nitrogens is 2. The maximum absolute atomic E-state index is 9.88. The van der Waals surface area contributed by atoms with Crippen LogP contribution in [-0.2, 0) is 0 Å². The summed E-state index contributed by atoms with van der Waals surface area (Å²) in [4.78, 5) is 0. The zero-order chi connectivity index (χ0) is 17.1. The van der Waals surface area contributed by atoms with Gasteiger partial charge >= 0.3 is 0 Å². The fraction of sp³-hybridized carbons (Fsp3) is 0. The lowest BCUT2D eigenvalue weighted by Crippen LogP contribution is -1.99. The van der Waals surface area contributed by atoms with E-state index in [2.05, 4.69) is 6.07 Å². The molecule has 0 bridgehead atoms. The molecule has 3 nitrogen and oxygen atoms in total. The van der Waals surface area contributed by atoms with Gasteiger partial charge in [0.1, 0.15) is 17.3 Å². The van der Waals surface area contributed by atoms with Crippen LogP contribution in [0.15, 0.2) is 91.0 Å². The number of hydrogen-bond donors (Lipinski definition) is 0. The van der Waals surface area contributed by atoms with Gasteiger partial charge in [-0.25, -0.2) is 4.68 Å². The van der Waals surface area contributed by atoms with Crippen LogP contribution in [0.1, 0.15) is 5.56 Å². The van der Waals surface area contributed by atoms with E-state index in [4.69, 9.17) is 5.10 Å². The molecule has 0 saturated heterocycles. The lowest BCUT2D eigenvalue weighted by molar-refractivity contribution is 0.892. The number of nitrogens with zero attached hydrogens (tertiary/aromatic N) is 3. The molecule has 4 aromatic rings. The Balaban J connectivity index is 2.04. The smallest absolute Gasteiger partial charge is 0.111 e. The van der Waals surface area contributed by atoms with Crippen molar-refractivity contribution in [2.24, 2.45) is 0 Å². The summed E-state index contributed by atoms with van der Waals surface area (Å²) in [5.41, 5.74) is 4.93. The number of benzene rings is 3. The van der Waals surface area contributed by atoms with Crippen LogP contribution < -0.4 is 0 Å². The van der Waals surface area contributed by atoms with Crippen LogP contribution in [0.5, 0.6) is 0 Å². The number of para-hydroxylation sites is 1. The highest BCUT2D eigenvalue weighted by Gasteiger charge is 2.21. The second kappa shape index (κ2) is 6.46. The summed E-state index contributed by atoms with van der Waals surface area (Å²) in [7, 11) is 0. The molecule has 0 unspecified atom stereocenters. The normalized spacial score (nSPS) is 10.4. The molecule has 0 amide bonds. The minimum absolute atomic E-state index is 0.584. The summed E-state index contributed by atoms with van der Waals surface area (Å²) in [5.74, 6) is 0. The first-order chi connectivity index (χ1) is 12.4. The van der Waals surface area contributed by atoms with Crippen molar-refractivity contribution in [2.45, 2.75) is 0 Å². The molecule has 0 N–H and O–H groups in total. The number of hydrogen-bond acceptors (Lipinski definition) is 2. The van der Waals surface area contributed by atoms with Gasteiger partial charge in [0, 0.05) is 11.1 Å². The fourth-order valence-corrected chi connectivity index (χ4v) is 2.94. The van der Waals surface area contributed by atoms with E-state index in [1.807, 2.05) is 95.7 Å². The average Bonchev–Trinajstić information content (AvgIpc) is 3.09. The van der Waals surface area contributed by atoms with Crippen LogP contribution in [-0.4, -0.2) is 9.78 Å². The van der Waals surface area contributed by atoms with Crippen molar-refractivity contribution in [3.05, 3.63) is 96.6 Å². The first kappa shape index (κ1) is 14.9. The molecule has 118 valence electrons. The van der Waals surface area contributed by atoms with E-state index >= 15 is 0 Å². The topological polar surface area (TPSA) is 41.6 Å². The molecule has 0 radical (unpaired) electrons. The van der Waals surface area contributed by atoms with E-state index in [1.165, 1.54) is 0 Å². The minimum atomic E-state index is 0.584. The van der Waals surface area contributed by atoms with E-state index in [-0.39, 0.29) is 0 Å². The van der Waals surface area contributed by atoms with E-state index < -0.39 is 0 Å². The van der Waals surface area contributed by atoms with Gasteiger partial charge in [0.15, 0.2) is 0 Å². The first-order valence-electron chi connectivity index (χ1n) is 8.08. The van der Waals surface area contributed by atoms with Gasteiger partial charge in [0.2, 0.25) is 0 Å². The van der Waals surface area contributed by atoms with Crippen molar-refractivity contribution < 1.29 is 0 Å². The lowest BCUT2D eigenvalue weighted by Gasteiger charge is -2.07. The molecule has 0 aliphatic rings. The summed E-state index contributed by atoms with van der Waals surface area (Å²) < 4.78 is 1.86. The van der Waals surface area contributed by atoms with Crippen LogP contribution in [0.3, 0.4) is 0 Å². The maximum Gasteiger partial charge on any atom is 0.111 e. The van der Waals surface area contributed by atoms with E-state index in [0.29, 0.717) is 11.3 Å². The zero-order valence-electron chi connectivity index (χ0n) is 13.5. The van der Waals surface area contributed by atoms with Crippen LogP contribution in [0, 0.1) is 11.3 Å². The summed E-state index contributed by atoms with van der Waals surface area (Å²) >= 11 is 0. The summed E-state index contributed by atoms with van der Waals surface area (Å²) in [6.07, 6.45) is 0. The molecule has 0 saturated carbocycles. The van der Waals surface area contributed by atoms with Gasteiger partial charge in [-0.15, -0.1) is 0 Å². The van der Waals surface area contributed by atoms with Gasteiger partial charge < -0.3 is 0 Å². The predicted molar refractivity (Wildman–Crippen MR) is 99.2 cm³/mol. The third-order valence-corrected chi connectivity index (χ3v) is 4.09. The minimum Gasteiger partial charge on any atom is -0.231 e. The monoisotopic (exact) mass is 321 g/mol. The highest BCUT2D eigenvalue weighted by molar-refractivity contribution is 5.79. The molecule has 0 spiro atoms. The largest absolute Gasteiger partial charge is 0.231 e. The second-order valence-corrected chi connectivity index (χ2v) is 5.66. The van der Waals surface area contributed by atoms with E-state index in [1.54, 1.807) is 0 Å². The molecule has 3 aromatic carbocycles. The predicted octanol–water partition coefficient (Wildman–Crippen LogP) is 5.08. The quantitative estimate of drug-likeness (QED) is 0.528. The van der Waals surface area contributed by atoms with Crippen LogP contribution in [0.2, 0.25) is 0 Å². The number of nitriles is 1. The Kier molecular flexibility index (Phi) is 3.86. The Bertz CT molecular complexity index is 1030. The second-order valence-electron chi connectivity index (χ2n) is 5.66. The van der Waals surface area contributed by atoms with Gasteiger partial charge in [-0.1, -0.05) is 78.9 Å². The fourth-order valence-electron chi connectivity index (χ4n) is 2.94. The molecular weight excluding hydrogens is 306 g/mol. The van der Waals surface area contributed by atoms with Crippen LogP contribution in [0.4, 0.5) is 0 Å². The van der Waals surface area contributed by atoms with Crippen LogP contribution in [0.25, 0.3) is 28.2 Å². The van der Waals surface area contributed by atoms with Gasteiger partial charge in [-0.2, -0.15) is 10.4 Å². The van der Waals surface area contributed by atoms with Gasteiger partial charge in [0.25, 0.3) is 0 Å². The Morgan fingerprint density at radius 3 is 1.76 bits per heavy atom. The molecule has 25 heavy (non-hydrogen) atoms. The zero-order valence-corrected chi connectivity index (χ0v) is 13.5. The summed E-state index contributed by atoms with van der Waals surface area (Å²) in [6.45, 7) is 0. The highest BCUT2D eigenvalue weighted by Crippen LogP contribution is 2.33. The van der Waals surface area contributed by atoms with E-state index in [9.17, 15) is 5.26 Å². The Morgan fingerprint density at radius 1 is 0.680 bits per heavy atom. The third-order valence-electron chi connectivity index (χ3n) is 4.09. The average molecular weight is 321 g/mol. The Hall–Kier alpha value is -3.64. The molecule has 0 atom stereocenters. The van der Waals surface area contributed by atoms with Crippen LogP contribution >= 0.6 is 0 Å². The SMILES string of the molecule is N#Cc1c(-c2ccccc2)nn(-c2ccccc2)c1-c1ccccc1. The van der Waals surface area contributed by atoms with Crippen molar-refractivity contribution >= 4 is 0 Å². The molecule has 3 heteroatoms. The van der Waals surface area contributed by atoms with Gasteiger partial charge in [0.05, 0.1) is 11.4 Å². The Morgan fingerprint density at radius 2 is 1.20 bits per heavy atom. The molecule has 0 fully saturated rings. The molecule has 1 heterocycles. The standard InChI is InChI=1S/C22H15N3/c23-16-20-21(17-10-4-1-5-11-17)24-25(19-14-8-3-9-15-19)22(20)18-12-6-2-7-13-18/h1-15H. The van der Waals surface area contributed by atoms with Crippen molar-refractivity contribution in [1.29, 1.82) is 5.26 Å². The summed E-state index contributed by atoms with van der Waals surface area (Å²) in [6, 6.07) is 32.0. The molecule has 1 aromatic heterocycles. The first-order valence-corrected chi connectivity index (χ1v) is 8.08. The van der Waals surface area contributed by atoms with Crippen molar-refractivity contribution in [3.63, 3.8) is 0 Å². The Labute approximate surface area is 146 Å². The molecule has 4 rings (SSSR count). The maximum atomic E-state index is 9.88. The molecule has 0 aliphatic carbocycles. The lowest BCUT2D eigenvalue weighted by atomic mass is 10.0. The third kappa shape index (κ3) is 2.71. The van der Waals surface area contributed by atoms with Crippen molar-refractivity contribution in [2.75, 3.05) is 0 Å².